The first kappa shape index (κ1) is 26.0. The SMILES string of the molecule is CN(C)Cc1cc(Nc2ncc3c(n2)SCN(c2c(Cl)cccc2Cl)C3=O)ccc1C1=CCN(C)CC1. The second kappa shape index (κ2) is 11.0. The third-order valence-electron chi connectivity index (χ3n) is 6.37. The monoisotopic (exact) mass is 554 g/mol. The van der Waals surface area contributed by atoms with Gasteiger partial charge in [-0.1, -0.05) is 53.2 Å². The van der Waals surface area contributed by atoms with Crippen LogP contribution in [-0.2, 0) is 6.54 Å². The number of anilines is 3. The second-order valence-corrected chi connectivity index (χ2v) is 11.2. The Balaban J connectivity index is 1.38. The van der Waals surface area contributed by atoms with Gasteiger partial charge in [0.15, 0.2) is 0 Å². The van der Waals surface area contributed by atoms with Crippen molar-refractivity contribution < 1.29 is 4.79 Å². The van der Waals surface area contributed by atoms with Gasteiger partial charge in [0.1, 0.15) is 5.03 Å². The highest BCUT2D eigenvalue weighted by Gasteiger charge is 2.30. The van der Waals surface area contributed by atoms with E-state index < -0.39 is 0 Å². The van der Waals surface area contributed by atoms with Gasteiger partial charge in [-0.15, -0.1) is 0 Å². The molecule has 0 atom stereocenters. The summed E-state index contributed by atoms with van der Waals surface area (Å²) in [5, 5.41) is 4.82. The van der Waals surface area contributed by atoms with Crippen molar-refractivity contribution in [2.75, 3.05) is 50.3 Å². The summed E-state index contributed by atoms with van der Waals surface area (Å²) in [6.45, 7) is 2.86. The van der Waals surface area contributed by atoms with Crippen LogP contribution < -0.4 is 10.2 Å². The number of hydrogen-bond donors (Lipinski definition) is 1. The average Bonchev–Trinajstić information content (AvgIpc) is 2.86. The minimum Gasteiger partial charge on any atom is -0.324 e. The van der Waals surface area contributed by atoms with E-state index in [1.807, 2.05) is 0 Å². The Morgan fingerprint density at radius 3 is 2.62 bits per heavy atom. The Kier molecular flexibility index (Phi) is 7.74. The van der Waals surface area contributed by atoms with Crippen LogP contribution in [0.5, 0.6) is 0 Å². The molecule has 0 spiro atoms. The Hall–Kier alpha value is -2.62. The molecule has 3 aromatic rings. The number of amides is 1. The molecular weight excluding hydrogens is 527 g/mol. The number of thioether (sulfide) groups is 1. The maximum Gasteiger partial charge on any atom is 0.263 e. The predicted octanol–water partition coefficient (Wildman–Crippen LogP) is 6.02. The van der Waals surface area contributed by atoms with Crippen molar-refractivity contribution in [3.8, 4) is 0 Å². The normalized spacial score (nSPS) is 16.1. The number of benzene rings is 2. The fourth-order valence-corrected chi connectivity index (χ4v) is 6.07. The highest BCUT2D eigenvalue weighted by atomic mass is 35.5. The number of carbonyl (C=O) groups is 1. The van der Waals surface area contributed by atoms with Gasteiger partial charge in [-0.3, -0.25) is 9.69 Å². The maximum atomic E-state index is 13.2. The lowest BCUT2D eigenvalue weighted by Crippen LogP contribution is -2.35. The number of hydrogen-bond acceptors (Lipinski definition) is 7. The van der Waals surface area contributed by atoms with Crippen molar-refractivity contribution >= 4 is 63.8 Å². The van der Waals surface area contributed by atoms with Gasteiger partial charge >= 0.3 is 0 Å². The van der Waals surface area contributed by atoms with Crippen molar-refractivity contribution in [3.05, 3.63) is 75.4 Å². The van der Waals surface area contributed by atoms with Crippen LogP contribution in [0.3, 0.4) is 0 Å². The topological polar surface area (TPSA) is 64.6 Å². The average molecular weight is 556 g/mol. The Morgan fingerprint density at radius 2 is 1.92 bits per heavy atom. The van der Waals surface area contributed by atoms with Crippen molar-refractivity contribution in [2.24, 2.45) is 0 Å². The molecule has 2 aliphatic heterocycles. The summed E-state index contributed by atoms with van der Waals surface area (Å²) in [6.07, 6.45) is 4.93. The highest BCUT2D eigenvalue weighted by Crippen LogP contribution is 2.39. The van der Waals surface area contributed by atoms with E-state index in [1.165, 1.54) is 28.5 Å². The van der Waals surface area contributed by atoms with E-state index in [0.717, 1.165) is 31.7 Å². The molecule has 0 bridgehead atoms. The zero-order valence-corrected chi connectivity index (χ0v) is 23.3. The van der Waals surface area contributed by atoms with E-state index in [0.29, 0.717) is 38.1 Å². The molecule has 5 rings (SSSR count). The third kappa shape index (κ3) is 5.63. The van der Waals surface area contributed by atoms with Gasteiger partial charge < -0.3 is 15.1 Å². The van der Waals surface area contributed by atoms with E-state index in [1.54, 1.807) is 29.3 Å². The molecule has 0 aliphatic carbocycles. The molecule has 1 amide bonds. The van der Waals surface area contributed by atoms with Crippen LogP contribution in [0.4, 0.5) is 17.3 Å². The van der Waals surface area contributed by atoms with Gasteiger partial charge in [-0.05, 0) is 68.5 Å². The number of likely N-dealkylation sites (N-methyl/N-ethyl adjacent to an activating group) is 1. The first-order valence-corrected chi connectivity index (χ1v) is 13.7. The molecular formula is C27H28Cl2N6OS. The molecule has 0 unspecified atom stereocenters. The molecule has 0 radical (unpaired) electrons. The smallest absolute Gasteiger partial charge is 0.263 e. The van der Waals surface area contributed by atoms with Crippen LogP contribution in [0.1, 0.15) is 27.9 Å². The quantitative estimate of drug-likeness (QED) is 0.374. The van der Waals surface area contributed by atoms with Gasteiger partial charge in [0.2, 0.25) is 5.95 Å². The number of aromatic nitrogens is 2. The van der Waals surface area contributed by atoms with Gasteiger partial charge in [-0.2, -0.15) is 0 Å². The fourth-order valence-electron chi connectivity index (χ4n) is 4.53. The number of nitrogens with zero attached hydrogens (tertiary/aromatic N) is 5. The maximum absolute atomic E-state index is 13.2. The molecule has 0 saturated heterocycles. The summed E-state index contributed by atoms with van der Waals surface area (Å²) in [5.74, 6) is 0.585. The molecule has 7 nitrogen and oxygen atoms in total. The van der Waals surface area contributed by atoms with E-state index in [9.17, 15) is 4.79 Å². The fraction of sp³-hybridized carbons (Fsp3) is 0.296. The molecule has 2 aliphatic rings. The number of halogens is 2. The van der Waals surface area contributed by atoms with Crippen LogP contribution in [0.15, 0.2) is 53.7 Å². The first-order valence-electron chi connectivity index (χ1n) is 12.0. The largest absolute Gasteiger partial charge is 0.324 e. The van der Waals surface area contributed by atoms with E-state index in [-0.39, 0.29) is 5.91 Å². The minimum atomic E-state index is -0.223. The van der Waals surface area contributed by atoms with Crippen LogP contribution in [0.2, 0.25) is 10.0 Å². The number of para-hydroxylation sites is 1. The lowest BCUT2D eigenvalue weighted by atomic mass is 9.94. The summed E-state index contributed by atoms with van der Waals surface area (Å²) < 4.78 is 0. The van der Waals surface area contributed by atoms with Crippen LogP contribution >= 0.6 is 35.0 Å². The summed E-state index contributed by atoms with van der Waals surface area (Å²) >= 11 is 14.1. The van der Waals surface area contributed by atoms with Gasteiger partial charge in [0.25, 0.3) is 5.91 Å². The predicted molar refractivity (Wildman–Crippen MR) is 153 cm³/mol. The Morgan fingerprint density at radius 1 is 1.14 bits per heavy atom. The number of rotatable bonds is 6. The molecule has 1 aromatic heterocycles. The lowest BCUT2D eigenvalue weighted by molar-refractivity contribution is 0.0985. The highest BCUT2D eigenvalue weighted by molar-refractivity contribution is 7.99. The molecule has 10 heteroatoms. The van der Waals surface area contributed by atoms with Crippen LogP contribution in [-0.4, -0.2) is 65.8 Å². The summed E-state index contributed by atoms with van der Waals surface area (Å²) in [7, 11) is 6.30. The number of nitrogens with one attached hydrogen (secondary N) is 1. The van der Waals surface area contributed by atoms with Crippen molar-refractivity contribution in [2.45, 2.75) is 18.0 Å². The summed E-state index contributed by atoms with van der Waals surface area (Å²) in [6, 6.07) is 11.6. The molecule has 0 saturated carbocycles. The van der Waals surface area contributed by atoms with E-state index in [4.69, 9.17) is 23.2 Å². The molecule has 37 heavy (non-hydrogen) atoms. The number of fused-ring (bicyclic) bond motifs is 1. The number of carbonyl (C=O) groups excluding carboxylic acids is 1. The molecule has 3 heterocycles. The van der Waals surface area contributed by atoms with Crippen molar-refractivity contribution in [1.82, 2.24) is 19.8 Å². The van der Waals surface area contributed by atoms with E-state index in [2.05, 4.69) is 70.5 Å². The van der Waals surface area contributed by atoms with Gasteiger partial charge in [-0.25, -0.2) is 9.97 Å². The molecule has 2 aromatic carbocycles. The molecule has 1 N–H and O–H groups in total. The third-order valence-corrected chi connectivity index (χ3v) is 7.96. The second-order valence-electron chi connectivity index (χ2n) is 9.47. The summed E-state index contributed by atoms with van der Waals surface area (Å²) in [4.78, 5) is 28.4. The van der Waals surface area contributed by atoms with Gasteiger partial charge in [0, 0.05) is 31.5 Å². The minimum absolute atomic E-state index is 0.223. The molecule has 0 fully saturated rings. The van der Waals surface area contributed by atoms with Gasteiger partial charge in [0.05, 0.1) is 27.2 Å². The molecule has 192 valence electrons. The van der Waals surface area contributed by atoms with Crippen LogP contribution in [0, 0.1) is 0 Å². The van der Waals surface area contributed by atoms with Crippen molar-refractivity contribution in [1.29, 1.82) is 0 Å². The lowest BCUT2D eigenvalue weighted by Gasteiger charge is -2.28. The van der Waals surface area contributed by atoms with Crippen LogP contribution in [0.25, 0.3) is 5.57 Å². The summed E-state index contributed by atoms with van der Waals surface area (Å²) in [5.41, 5.74) is 5.77. The zero-order chi connectivity index (χ0) is 26.1. The van der Waals surface area contributed by atoms with E-state index >= 15 is 0 Å². The Labute approximate surface area is 231 Å². The Bertz CT molecular complexity index is 1360. The standard InChI is InChI=1S/C27H28Cl2N6OS/c1-33(2)15-18-13-19(7-8-20(18)17-9-11-34(3)12-10-17)31-27-30-14-21-25(32-27)37-16-35(26(21)36)24-22(28)5-4-6-23(24)29/h4-9,13-14H,10-12,15-16H2,1-3H3,(H,30,31,32). The van der Waals surface area contributed by atoms with Crippen molar-refractivity contribution in [3.63, 3.8) is 0 Å². The first-order chi connectivity index (χ1) is 17.8. The zero-order valence-electron chi connectivity index (χ0n) is 21.0.